The van der Waals surface area contributed by atoms with Gasteiger partial charge in [0.2, 0.25) is 0 Å². The zero-order chi connectivity index (χ0) is 19.6. The molecule has 0 fully saturated rings. The Labute approximate surface area is 160 Å². The summed E-state index contributed by atoms with van der Waals surface area (Å²) in [5.74, 6) is 0.204. The highest BCUT2D eigenvalue weighted by Crippen LogP contribution is 2.38. The van der Waals surface area contributed by atoms with Crippen LogP contribution in [-0.4, -0.2) is 19.7 Å². The van der Waals surface area contributed by atoms with E-state index in [4.69, 9.17) is 0 Å². The van der Waals surface area contributed by atoms with Crippen molar-refractivity contribution in [2.24, 2.45) is 5.92 Å². The molecule has 2 unspecified atom stereocenters. The van der Waals surface area contributed by atoms with E-state index < -0.39 is 9.84 Å². The van der Waals surface area contributed by atoms with E-state index in [-0.39, 0.29) is 17.6 Å². The number of benzene rings is 2. The molecular formula is C22H24N2O2S. The monoisotopic (exact) mass is 380 g/mol. The third-order valence-corrected chi connectivity index (χ3v) is 5.84. The van der Waals surface area contributed by atoms with E-state index in [1.165, 1.54) is 11.8 Å². The fraction of sp³-hybridized carbons (Fsp3) is 0.318. The average Bonchev–Trinajstić information content (AvgIpc) is 3.01. The number of fused-ring (bicyclic) bond motifs is 1. The van der Waals surface area contributed by atoms with Crippen molar-refractivity contribution in [3.63, 3.8) is 0 Å². The van der Waals surface area contributed by atoms with Crippen LogP contribution >= 0.6 is 0 Å². The summed E-state index contributed by atoms with van der Waals surface area (Å²) in [6.07, 6.45) is 3.67. The molecule has 2 aromatic carbocycles. The van der Waals surface area contributed by atoms with E-state index in [1.807, 2.05) is 24.4 Å². The Morgan fingerprint density at radius 1 is 1.15 bits per heavy atom. The molecule has 5 heteroatoms. The van der Waals surface area contributed by atoms with Crippen molar-refractivity contribution in [1.29, 1.82) is 5.26 Å². The number of rotatable bonds is 6. The Hall–Kier alpha value is -2.58. The fourth-order valence-corrected chi connectivity index (χ4v) is 4.55. The van der Waals surface area contributed by atoms with Crippen molar-refractivity contribution in [1.82, 2.24) is 4.98 Å². The molecule has 0 aliphatic carbocycles. The van der Waals surface area contributed by atoms with Crippen molar-refractivity contribution in [2.75, 3.05) is 6.26 Å². The van der Waals surface area contributed by atoms with Gasteiger partial charge in [-0.1, -0.05) is 55.0 Å². The maximum atomic E-state index is 11.8. The second-order valence-electron chi connectivity index (χ2n) is 7.38. The maximum Gasteiger partial charge on any atom is 0.151 e. The third kappa shape index (κ3) is 4.23. The molecule has 0 saturated heterocycles. The molecule has 1 N–H and O–H groups in total. The van der Waals surface area contributed by atoms with E-state index in [2.05, 4.69) is 49.2 Å². The number of H-pyrrole nitrogens is 1. The number of sulfone groups is 1. The summed E-state index contributed by atoms with van der Waals surface area (Å²) in [5, 5.41) is 10.3. The number of nitrogens with one attached hydrogen (secondary N) is 1. The second-order valence-corrected chi connectivity index (χ2v) is 9.52. The van der Waals surface area contributed by atoms with Crippen molar-refractivity contribution in [2.45, 2.75) is 31.9 Å². The Balaban J connectivity index is 2.15. The number of aromatic nitrogens is 1. The lowest BCUT2D eigenvalue weighted by molar-refractivity contribution is 0.526. The standard InChI is InChI=1S/C22H24N2O2S/c1-15-7-9-17(10-8-15)21(16(2)11-12-23)20-13-24-22-18(14-27(3,25)26)5-4-6-19(20)22/h4-10,13,16,21,24H,11,14H2,1-3H3. The smallest absolute Gasteiger partial charge is 0.151 e. The third-order valence-electron chi connectivity index (χ3n) is 5.01. The molecule has 0 radical (unpaired) electrons. The lowest BCUT2D eigenvalue weighted by atomic mass is 9.80. The molecule has 0 aliphatic rings. The predicted molar refractivity (Wildman–Crippen MR) is 109 cm³/mol. The van der Waals surface area contributed by atoms with Gasteiger partial charge >= 0.3 is 0 Å². The molecule has 3 aromatic rings. The Kier molecular flexibility index (Phi) is 5.38. The number of nitrogens with zero attached hydrogens (tertiary/aromatic N) is 1. The molecule has 27 heavy (non-hydrogen) atoms. The minimum Gasteiger partial charge on any atom is -0.361 e. The van der Waals surface area contributed by atoms with Crippen molar-refractivity contribution >= 4 is 20.7 Å². The summed E-state index contributed by atoms with van der Waals surface area (Å²) in [4.78, 5) is 3.29. The van der Waals surface area contributed by atoms with E-state index in [0.717, 1.165) is 27.6 Å². The summed E-state index contributed by atoms with van der Waals surface area (Å²) in [6, 6.07) is 16.5. The van der Waals surface area contributed by atoms with Gasteiger partial charge in [-0.15, -0.1) is 0 Å². The fourth-order valence-electron chi connectivity index (χ4n) is 3.75. The molecular weight excluding hydrogens is 356 g/mol. The van der Waals surface area contributed by atoms with Crippen molar-refractivity contribution < 1.29 is 8.42 Å². The number of hydrogen-bond donors (Lipinski definition) is 1. The Morgan fingerprint density at radius 2 is 1.85 bits per heavy atom. The molecule has 0 bridgehead atoms. The molecule has 4 nitrogen and oxygen atoms in total. The van der Waals surface area contributed by atoms with E-state index in [9.17, 15) is 13.7 Å². The molecule has 2 atom stereocenters. The van der Waals surface area contributed by atoms with Gasteiger partial charge in [-0.2, -0.15) is 5.26 Å². The Bertz CT molecular complexity index is 1090. The van der Waals surface area contributed by atoms with Gasteiger partial charge in [0.1, 0.15) is 0 Å². The first-order valence-corrected chi connectivity index (χ1v) is 11.1. The zero-order valence-corrected chi connectivity index (χ0v) is 16.7. The highest BCUT2D eigenvalue weighted by Gasteiger charge is 2.25. The molecule has 0 saturated carbocycles. The van der Waals surface area contributed by atoms with Crippen LogP contribution in [0.5, 0.6) is 0 Å². The number of nitriles is 1. The molecule has 1 aromatic heterocycles. The minimum atomic E-state index is -3.12. The Morgan fingerprint density at radius 3 is 2.48 bits per heavy atom. The van der Waals surface area contributed by atoms with Gasteiger partial charge in [0.15, 0.2) is 9.84 Å². The van der Waals surface area contributed by atoms with Crippen LogP contribution in [0.4, 0.5) is 0 Å². The lowest BCUT2D eigenvalue weighted by Crippen LogP contribution is -2.11. The average molecular weight is 381 g/mol. The van der Waals surface area contributed by atoms with Crippen LogP contribution in [-0.2, 0) is 15.6 Å². The van der Waals surface area contributed by atoms with Crippen LogP contribution in [0.2, 0.25) is 0 Å². The van der Waals surface area contributed by atoms with Crippen molar-refractivity contribution in [3.05, 3.63) is 70.9 Å². The minimum absolute atomic E-state index is 0.00718. The van der Waals surface area contributed by atoms with Gasteiger partial charge in [0, 0.05) is 35.7 Å². The summed E-state index contributed by atoms with van der Waals surface area (Å²) in [6.45, 7) is 4.15. The summed E-state index contributed by atoms with van der Waals surface area (Å²) in [7, 11) is -3.12. The molecule has 3 rings (SSSR count). The highest BCUT2D eigenvalue weighted by molar-refractivity contribution is 7.89. The summed E-state index contributed by atoms with van der Waals surface area (Å²) in [5.41, 5.74) is 5.10. The van der Waals surface area contributed by atoms with Crippen LogP contribution < -0.4 is 0 Å². The topological polar surface area (TPSA) is 73.7 Å². The van der Waals surface area contributed by atoms with Crippen molar-refractivity contribution in [3.8, 4) is 6.07 Å². The van der Waals surface area contributed by atoms with Gasteiger partial charge in [-0.25, -0.2) is 8.42 Å². The van der Waals surface area contributed by atoms with Gasteiger partial charge in [0.25, 0.3) is 0 Å². The number of aromatic amines is 1. The lowest BCUT2D eigenvalue weighted by Gasteiger charge is -2.23. The largest absolute Gasteiger partial charge is 0.361 e. The normalized spacial score (nSPS) is 14.0. The molecule has 140 valence electrons. The highest BCUT2D eigenvalue weighted by atomic mass is 32.2. The second kappa shape index (κ2) is 7.58. The van der Waals surface area contributed by atoms with Crippen LogP contribution in [0.25, 0.3) is 10.9 Å². The number of para-hydroxylation sites is 1. The number of aryl methyl sites for hydroxylation is 1. The summed E-state index contributed by atoms with van der Waals surface area (Å²) >= 11 is 0. The van der Waals surface area contributed by atoms with Crippen LogP contribution in [0.1, 0.15) is 41.5 Å². The quantitative estimate of drug-likeness (QED) is 0.673. The first-order valence-electron chi connectivity index (χ1n) is 9.00. The van der Waals surface area contributed by atoms with Crippen LogP contribution in [0, 0.1) is 24.2 Å². The van der Waals surface area contributed by atoms with E-state index >= 15 is 0 Å². The molecule has 1 heterocycles. The van der Waals surface area contributed by atoms with Gasteiger partial charge in [0.05, 0.1) is 11.8 Å². The van der Waals surface area contributed by atoms with Gasteiger partial charge in [-0.3, -0.25) is 0 Å². The molecule has 0 amide bonds. The molecule has 0 aliphatic heterocycles. The first kappa shape index (κ1) is 19.2. The number of hydrogen-bond acceptors (Lipinski definition) is 3. The zero-order valence-electron chi connectivity index (χ0n) is 15.9. The first-order chi connectivity index (χ1) is 12.8. The predicted octanol–water partition coefficient (Wildman–Crippen LogP) is 4.70. The summed E-state index contributed by atoms with van der Waals surface area (Å²) < 4.78 is 23.6. The van der Waals surface area contributed by atoms with Crippen LogP contribution in [0.3, 0.4) is 0 Å². The van der Waals surface area contributed by atoms with Gasteiger partial charge < -0.3 is 4.98 Å². The molecule has 0 spiro atoms. The maximum absolute atomic E-state index is 11.8. The van der Waals surface area contributed by atoms with E-state index in [0.29, 0.717) is 6.42 Å². The van der Waals surface area contributed by atoms with Gasteiger partial charge in [-0.05, 0) is 29.5 Å². The SMILES string of the molecule is Cc1ccc(C(c2c[nH]c3c(CS(C)(=O)=O)cccc23)C(C)CC#N)cc1. The van der Waals surface area contributed by atoms with E-state index in [1.54, 1.807) is 0 Å². The van der Waals surface area contributed by atoms with Crippen LogP contribution in [0.15, 0.2) is 48.7 Å².